The molecule has 1 aliphatic rings. The molecule has 0 atom stereocenters. The molecule has 0 radical (unpaired) electrons. The van der Waals surface area contributed by atoms with Crippen molar-refractivity contribution in [2.75, 3.05) is 14.2 Å². The van der Waals surface area contributed by atoms with Crippen molar-refractivity contribution in [3.05, 3.63) is 52.4 Å². The number of nitrogens with zero attached hydrogens (tertiary/aromatic N) is 2. The topological polar surface area (TPSA) is 53.9 Å². The maximum atomic E-state index is 13.2. The average molecular weight is 370 g/mol. The summed E-state index contributed by atoms with van der Waals surface area (Å²) in [6, 6.07) is 7.76. The molecule has 5 heteroatoms. The lowest BCUT2D eigenvalue weighted by Crippen LogP contribution is -2.31. The van der Waals surface area contributed by atoms with Gasteiger partial charge in [-0.25, -0.2) is 4.99 Å². The first kappa shape index (κ1) is 20.7. The zero-order valence-corrected chi connectivity index (χ0v) is 17.3. The summed E-state index contributed by atoms with van der Waals surface area (Å²) in [6.45, 7) is 12.2. The molecule has 1 aromatic carbocycles. The summed E-state index contributed by atoms with van der Waals surface area (Å²) in [7, 11) is 3.45. The van der Waals surface area contributed by atoms with Crippen LogP contribution in [0.4, 0.5) is 0 Å². The highest BCUT2D eigenvalue weighted by Gasteiger charge is 2.38. The summed E-state index contributed by atoms with van der Waals surface area (Å²) in [6.07, 6.45) is 2.21. The molecule has 1 fully saturated rings. The van der Waals surface area contributed by atoms with Gasteiger partial charge in [0.15, 0.2) is 0 Å². The number of hydrogen-bond donors (Lipinski definition) is 1. The van der Waals surface area contributed by atoms with Gasteiger partial charge in [0.05, 0.1) is 7.11 Å². The minimum absolute atomic E-state index is 0.0285. The van der Waals surface area contributed by atoms with Gasteiger partial charge in [0.1, 0.15) is 11.6 Å². The fourth-order valence-electron chi connectivity index (χ4n) is 3.03. The van der Waals surface area contributed by atoms with E-state index in [4.69, 9.17) is 4.74 Å². The average Bonchev–Trinajstić information content (AvgIpc) is 3.36. The van der Waals surface area contributed by atoms with E-state index in [1.807, 2.05) is 52.1 Å². The molecular weight excluding hydrogens is 338 g/mol. The maximum absolute atomic E-state index is 13.2. The second-order valence-electron chi connectivity index (χ2n) is 7.71. The van der Waals surface area contributed by atoms with Crippen LogP contribution < -0.4 is 10.1 Å². The van der Waals surface area contributed by atoms with Crippen LogP contribution in [0, 0.1) is 0 Å². The molecule has 0 aromatic heterocycles. The van der Waals surface area contributed by atoms with Crippen molar-refractivity contribution in [1.82, 2.24) is 10.2 Å². The third-order valence-corrected chi connectivity index (χ3v) is 4.92. The number of likely N-dealkylation sites (N-methyl/N-ethyl adjacent to an activating group) is 1. The molecule has 27 heavy (non-hydrogen) atoms. The van der Waals surface area contributed by atoms with E-state index in [0.29, 0.717) is 17.9 Å². The third kappa shape index (κ3) is 5.22. The fraction of sp³-hybridized carbons (Fsp3) is 0.455. The molecular formula is C22H31N3O2. The predicted octanol–water partition coefficient (Wildman–Crippen LogP) is 4.06. The van der Waals surface area contributed by atoms with Gasteiger partial charge in [0.25, 0.3) is 5.91 Å². The number of carbonyl (C=O) groups is 1. The second-order valence-corrected chi connectivity index (χ2v) is 7.71. The van der Waals surface area contributed by atoms with Crippen LogP contribution in [0.2, 0.25) is 0 Å². The van der Waals surface area contributed by atoms with Crippen LogP contribution in [0.25, 0.3) is 0 Å². The lowest BCUT2D eigenvalue weighted by atomic mass is 10.0. The van der Waals surface area contributed by atoms with Gasteiger partial charge in [-0.15, -0.1) is 0 Å². The van der Waals surface area contributed by atoms with Gasteiger partial charge in [-0.1, -0.05) is 17.7 Å². The molecule has 1 aromatic rings. The molecule has 0 spiro atoms. The first-order chi connectivity index (χ1) is 12.7. The Labute approximate surface area is 162 Å². The largest absolute Gasteiger partial charge is 0.497 e. The Balaban J connectivity index is 2.25. The molecule has 5 nitrogen and oxygen atoms in total. The summed E-state index contributed by atoms with van der Waals surface area (Å²) in [5.41, 5.74) is 3.56. The van der Waals surface area contributed by atoms with Crippen LogP contribution in [0.3, 0.4) is 0 Å². The van der Waals surface area contributed by atoms with Crippen LogP contribution in [0.1, 0.15) is 46.1 Å². The van der Waals surface area contributed by atoms with Gasteiger partial charge < -0.3 is 15.0 Å². The zero-order valence-electron chi connectivity index (χ0n) is 17.3. The van der Waals surface area contributed by atoms with E-state index in [0.717, 1.165) is 35.3 Å². The SMILES string of the molecule is C=N/C(NC1(C)CC1)=C(\C)C(C(=O)N(C)Cc1cccc(OC)c1)=C(C)C. The Morgan fingerprint density at radius 3 is 2.52 bits per heavy atom. The molecule has 146 valence electrons. The fourth-order valence-corrected chi connectivity index (χ4v) is 3.03. The van der Waals surface area contributed by atoms with Crippen LogP contribution in [0.5, 0.6) is 5.75 Å². The highest BCUT2D eigenvalue weighted by Crippen LogP contribution is 2.36. The van der Waals surface area contributed by atoms with Crippen LogP contribution in [-0.2, 0) is 11.3 Å². The van der Waals surface area contributed by atoms with Crippen LogP contribution in [-0.4, -0.2) is 37.2 Å². The number of allylic oxidation sites excluding steroid dienone is 1. The standard InChI is InChI=1S/C22H31N3O2/c1-15(2)19(16(3)20(23-5)24-22(4)11-12-22)21(26)25(6)14-17-9-8-10-18(13-17)27-7/h8-10,13,24H,5,11-12,14H2,1-4,6-7H3/b20-16-. The highest BCUT2D eigenvalue weighted by molar-refractivity contribution is 5.98. The molecule has 1 aliphatic carbocycles. The van der Waals surface area contributed by atoms with Crippen molar-refractivity contribution in [3.8, 4) is 5.75 Å². The third-order valence-electron chi connectivity index (χ3n) is 4.92. The van der Waals surface area contributed by atoms with E-state index in [1.54, 1.807) is 12.0 Å². The molecule has 0 saturated heterocycles. The molecule has 1 amide bonds. The van der Waals surface area contributed by atoms with Gasteiger partial charge in [-0.05, 0) is 65.0 Å². The summed E-state index contributed by atoms with van der Waals surface area (Å²) >= 11 is 0. The van der Waals surface area contributed by atoms with Crippen LogP contribution >= 0.6 is 0 Å². The lowest BCUT2D eigenvalue weighted by molar-refractivity contribution is -0.126. The molecule has 0 aliphatic heterocycles. The number of benzene rings is 1. The number of rotatable bonds is 8. The normalized spacial score (nSPS) is 15.3. The highest BCUT2D eigenvalue weighted by atomic mass is 16.5. The van der Waals surface area contributed by atoms with Crippen molar-refractivity contribution < 1.29 is 9.53 Å². The van der Waals surface area contributed by atoms with Crippen molar-refractivity contribution in [2.24, 2.45) is 4.99 Å². The monoisotopic (exact) mass is 369 g/mol. The van der Waals surface area contributed by atoms with E-state index < -0.39 is 0 Å². The number of aliphatic imine (C=N–C) groups is 1. The lowest BCUT2D eigenvalue weighted by Gasteiger charge is -2.23. The molecule has 0 heterocycles. The van der Waals surface area contributed by atoms with E-state index in [9.17, 15) is 4.79 Å². The first-order valence-electron chi connectivity index (χ1n) is 9.23. The second kappa shape index (κ2) is 8.42. The molecule has 0 bridgehead atoms. The summed E-state index contributed by atoms with van der Waals surface area (Å²) in [5.74, 6) is 1.44. The number of amides is 1. The molecule has 1 N–H and O–H groups in total. The molecule has 2 rings (SSSR count). The Kier molecular flexibility index (Phi) is 6.47. The smallest absolute Gasteiger partial charge is 0.254 e. The Hall–Kier alpha value is -2.56. The van der Waals surface area contributed by atoms with Gasteiger partial charge >= 0.3 is 0 Å². The van der Waals surface area contributed by atoms with Gasteiger partial charge in [-0.3, -0.25) is 4.79 Å². The Morgan fingerprint density at radius 2 is 2.00 bits per heavy atom. The first-order valence-corrected chi connectivity index (χ1v) is 9.23. The Morgan fingerprint density at radius 1 is 1.33 bits per heavy atom. The van der Waals surface area contributed by atoms with Crippen molar-refractivity contribution in [2.45, 2.75) is 52.6 Å². The van der Waals surface area contributed by atoms with Crippen LogP contribution in [0.15, 0.2) is 51.8 Å². The van der Waals surface area contributed by atoms with E-state index in [-0.39, 0.29) is 11.4 Å². The quantitative estimate of drug-likeness (QED) is 0.427. The minimum atomic E-state index is -0.0285. The van der Waals surface area contributed by atoms with Gasteiger partial charge in [-0.2, -0.15) is 0 Å². The number of carbonyl (C=O) groups excluding carboxylic acids is 1. The zero-order chi connectivity index (χ0) is 20.2. The number of hydrogen-bond acceptors (Lipinski definition) is 4. The van der Waals surface area contributed by atoms with E-state index >= 15 is 0 Å². The number of ether oxygens (including phenoxy) is 1. The van der Waals surface area contributed by atoms with Crippen molar-refractivity contribution >= 4 is 12.6 Å². The Bertz CT molecular complexity index is 785. The number of nitrogens with one attached hydrogen (secondary N) is 1. The van der Waals surface area contributed by atoms with Gasteiger partial charge in [0.2, 0.25) is 0 Å². The maximum Gasteiger partial charge on any atom is 0.254 e. The molecule has 1 saturated carbocycles. The van der Waals surface area contributed by atoms with E-state index in [2.05, 4.69) is 24.0 Å². The molecule has 0 unspecified atom stereocenters. The van der Waals surface area contributed by atoms with Crippen molar-refractivity contribution in [3.63, 3.8) is 0 Å². The minimum Gasteiger partial charge on any atom is -0.497 e. The number of methoxy groups -OCH3 is 1. The summed E-state index contributed by atoms with van der Waals surface area (Å²) in [4.78, 5) is 19.1. The van der Waals surface area contributed by atoms with E-state index in [1.165, 1.54) is 0 Å². The van der Waals surface area contributed by atoms with Gasteiger partial charge in [0, 0.05) is 30.3 Å². The summed E-state index contributed by atoms with van der Waals surface area (Å²) < 4.78 is 5.27. The predicted molar refractivity (Wildman–Crippen MR) is 111 cm³/mol. The van der Waals surface area contributed by atoms with Crippen molar-refractivity contribution in [1.29, 1.82) is 0 Å². The summed E-state index contributed by atoms with van der Waals surface area (Å²) in [5, 5.41) is 3.44.